The van der Waals surface area contributed by atoms with Gasteiger partial charge in [0.05, 0.1) is 35.2 Å². The number of rotatable bonds is 9. The van der Waals surface area contributed by atoms with Gasteiger partial charge in [-0.05, 0) is 53.1 Å². The summed E-state index contributed by atoms with van der Waals surface area (Å²) in [4.78, 5) is 27.1. The highest BCUT2D eigenvalue weighted by atomic mass is 35.5. The first-order chi connectivity index (χ1) is 19.5. The molecule has 40 heavy (non-hydrogen) atoms. The predicted octanol–water partition coefficient (Wildman–Crippen LogP) is 7.07. The monoisotopic (exact) mass is 570 g/mol. The van der Waals surface area contributed by atoms with Gasteiger partial charge in [0, 0.05) is 10.9 Å². The van der Waals surface area contributed by atoms with Crippen LogP contribution in [0.4, 0.5) is 4.79 Å². The highest BCUT2D eigenvalue weighted by molar-refractivity contribution is 8.18. The van der Waals surface area contributed by atoms with Crippen LogP contribution >= 0.6 is 23.4 Å². The normalized spacial score (nSPS) is 14.0. The Morgan fingerprint density at radius 2 is 1.75 bits per heavy atom. The fourth-order valence-corrected chi connectivity index (χ4v) is 5.42. The molecule has 1 fully saturated rings. The van der Waals surface area contributed by atoms with Gasteiger partial charge in [-0.1, -0.05) is 66.2 Å². The molecule has 200 valence electrons. The Balaban J connectivity index is 1.27. The molecular formula is C31H23ClN2O5S. The van der Waals surface area contributed by atoms with Crippen molar-refractivity contribution in [3.8, 4) is 23.3 Å². The van der Waals surface area contributed by atoms with Crippen LogP contribution in [0.1, 0.15) is 16.7 Å². The highest BCUT2D eigenvalue weighted by Crippen LogP contribution is 2.39. The summed E-state index contributed by atoms with van der Waals surface area (Å²) in [5.41, 5.74) is 1.79. The number of imide groups is 1. The molecule has 0 aromatic heterocycles. The van der Waals surface area contributed by atoms with Crippen molar-refractivity contribution in [3.05, 3.63) is 105 Å². The third-order valence-corrected chi connectivity index (χ3v) is 7.44. The van der Waals surface area contributed by atoms with Crippen LogP contribution in [0.3, 0.4) is 0 Å². The van der Waals surface area contributed by atoms with E-state index in [9.17, 15) is 14.9 Å². The van der Waals surface area contributed by atoms with Gasteiger partial charge >= 0.3 is 0 Å². The summed E-state index contributed by atoms with van der Waals surface area (Å²) >= 11 is 7.37. The average Bonchev–Trinajstić information content (AvgIpc) is 3.23. The third-order valence-electron chi connectivity index (χ3n) is 6.26. The lowest BCUT2D eigenvalue weighted by atomic mass is 10.1. The number of amides is 2. The Labute approximate surface area is 240 Å². The van der Waals surface area contributed by atoms with E-state index in [1.54, 1.807) is 36.4 Å². The van der Waals surface area contributed by atoms with Crippen molar-refractivity contribution in [2.24, 2.45) is 0 Å². The number of nitriles is 1. The van der Waals surface area contributed by atoms with E-state index in [1.165, 1.54) is 12.0 Å². The summed E-state index contributed by atoms with van der Waals surface area (Å²) in [6, 6.07) is 26.2. The summed E-state index contributed by atoms with van der Waals surface area (Å²) in [6.45, 7) is 0.408. The van der Waals surface area contributed by atoms with Crippen molar-refractivity contribution >= 4 is 51.4 Å². The summed E-state index contributed by atoms with van der Waals surface area (Å²) in [7, 11) is 1.48. The lowest BCUT2D eigenvalue weighted by Gasteiger charge is -2.15. The van der Waals surface area contributed by atoms with E-state index in [2.05, 4.69) is 6.07 Å². The average molecular weight is 571 g/mol. The van der Waals surface area contributed by atoms with Gasteiger partial charge in [-0.15, -0.1) is 0 Å². The maximum Gasteiger partial charge on any atom is 0.293 e. The number of carbonyl (C=O) groups excluding carboxylic acids is 2. The second-order valence-electron chi connectivity index (χ2n) is 8.75. The Bertz CT molecular complexity index is 1680. The molecule has 4 aromatic rings. The first-order valence-electron chi connectivity index (χ1n) is 12.3. The maximum atomic E-state index is 13.0. The first-order valence-corrected chi connectivity index (χ1v) is 13.5. The number of halogens is 1. The predicted molar refractivity (Wildman–Crippen MR) is 156 cm³/mol. The van der Waals surface area contributed by atoms with Crippen molar-refractivity contribution in [1.29, 1.82) is 5.26 Å². The van der Waals surface area contributed by atoms with Crippen LogP contribution < -0.4 is 14.2 Å². The van der Waals surface area contributed by atoms with Crippen LogP contribution in [0.2, 0.25) is 5.02 Å². The maximum absolute atomic E-state index is 13.0. The molecule has 1 aliphatic heterocycles. The second kappa shape index (κ2) is 12.2. The Kier molecular flexibility index (Phi) is 8.25. The highest BCUT2D eigenvalue weighted by Gasteiger charge is 2.35. The van der Waals surface area contributed by atoms with E-state index in [-0.39, 0.29) is 34.9 Å². The molecule has 4 aromatic carbocycles. The topological polar surface area (TPSA) is 88.9 Å². The lowest BCUT2D eigenvalue weighted by molar-refractivity contribution is -0.123. The zero-order valence-electron chi connectivity index (χ0n) is 21.4. The number of carbonyl (C=O) groups is 2. The number of thioether (sulfide) groups is 1. The van der Waals surface area contributed by atoms with E-state index < -0.39 is 5.91 Å². The zero-order valence-corrected chi connectivity index (χ0v) is 23.0. The van der Waals surface area contributed by atoms with Gasteiger partial charge in [0.1, 0.15) is 19.0 Å². The van der Waals surface area contributed by atoms with Gasteiger partial charge in [-0.3, -0.25) is 14.5 Å². The van der Waals surface area contributed by atoms with Crippen LogP contribution in [-0.2, 0) is 11.4 Å². The standard InChI is InChI=1S/C31H23ClN2O5S/c1-37-27-16-20(15-25(32)29(27)39-19-23-9-3-2-8-22(23)18-33)17-28-30(35)34(31(36)40-28)13-14-38-26-12-6-10-21-7-4-5-11-24(21)26/h2-12,15-17H,13-14,19H2,1H3/b28-17-. The van der Waals surface area contributed by atoms with Gasteiger partial charge < -0.3 is 14.2 Å². The molecule has 0 saturated carbocycles. The minimum Gasteiger partial charge on any atom is -0.493 e. The van der Waals surface area contributed by atoms with Crippen LogP contribution in [0.25, 0.3) is 16.8 Å². The summed E-state index contributed by atoms with van der Waals surface area (Å²) in [6.07, 6.45) is 1.60. The van der Waals surface area contributed by atoms with Crippen LogP contribution in [0.15, 0.2) is 83.8 Å². The van der Waals surface area contributed by atoms with Gasteiger partial charge in [0.15, 0.2) is 11.5 Å². The molecule has 2 amide bonds. The summed E-state index contributed by atoms with van der Waals surface area (Å²) < 4.78 is 17.3. The van der Waals surface area contributed by atoms with Crippen LogP contribution in [0, 0.1) is 11.3 Å². The van der Waals surface area contributed by atoms with Gasteiger partial charge in [0.25, 0.3) is 11.1 Å². The lowest BCUT2D eigenvalue weighted by Crippen LogP contribution is -2.32. The molecule has 0 spiro atoms. The molecular weight excluding hydrogens is 548 g/mol. The molecule has 9 heteroatoms. The SMILES string of the molecule is COc1cc(/C=C2\SC(=O)N(CCOc3cccc4ccccc34)C2=O)cc(Cl)c1OCc1ccccc1C#N. The molecule has 1 aliphatic rings. The van der Waals surface area contributed by atoms with E-state index in [0.717, 1.165) is 22.5 Å². The molecule has 0 bridgehead atoms. The number of methoxy groups -OCH3 is 1. The number of nitrogens with zero attached hydrogens (tertiary/aromatic N) is 2. The molecule has 0 aliphatic carbocycles. The molecule has 1 heterocycles. The van der Waals surface area contributed by atoms with Crippen molar-refractivity contribution in [2.45, 2.75) is 6.61 Å². The summed E-state index contributed by atoms with van der Waals surface area (Å²) in [5, 5.41) is 11.2. The minimum absolute atomic E-state index is 0.117. The number of hydrogen-bond donors (Lipinski definition) is 0. The van der Waals surface area contributed by atoms with E-state index >= 15 is 0 Å². The van der Waals surface area contributed by atoms with Crippen molar-refractivity contribution in [2.75, 3.05) is 20.3 Å². The smallest absolute Gasteiger partial charge is 0.293 e. The quantitative estimate of drug-likeness (QED) is 0.199. The van der Waals surface area contributed by atoms with Gasteiger partial charge in [0.2, 0.25) is 0 Å². The Morgan fingerprint density at radius 3 is 2.58 bits per heavy atom. The first kappa shape index (κ1) is 27.1. The molecule has 0 radical (unpaired) electrons. The number of hydrogen-bond acceptors (Lipinski definition) is 7. The second-order valence-corrected chi connectivity index (χ2v) is 10.2. The fourth-order valence-electron chi connectivity index (χ4n) is 4.28. The molecule has 0 atom stereocenters. The zero-order chi connectivity index (χ0) is 28.1. The molecule has 0 N–H and O–H groups in total. The minimum atomic E-state index is -0.403. The molecule has 5 rings (SSSR count). The van der Waals surface area contributed by atoms with Crippen molar-refractivity contribution in [1.82, 2.24) is 4.90 Å². The van der Waals surface area contributed by atoms with Crippen molar-refractivity contribution < 1.29 is 23.8 Å². The molecule has 1 saturated heterocycles. The molecule has 0 unspecified atom stereocenters. The number of benzene rings is 4. The Morgan fingerprint density at radius 1 is 0.975 bits per heavy atom. The van der Waals surface area contributed by atoms with E-state index in [0.29, 0.717) is 33.9 Å². The number of fused-ring (bicyclic) bond motifs is 1. The third kappa shape index (κ3) is 5.76. The largest absolute Gasteiger partial charge is 0.493 e. The van der Waals surface area contributed by atoms with E-state index in [1.807, 2.05) is 48.5 Å². The van der Waals surface area contributed by atoms with Crippen LogP contribution in [-0.4, -0.2) is 36.3 Å². The fraction of sp³-hybridized carbons (Fsp3) is 0.129. The van der Waals surface area contributed by atoms with Crippen molar-refractivity contribution in [3.63, 3.8) is 0 Å². The van der Waals surface area contributed by atoms with E-state index in [4.69, 9.17) is 25.8 Å². The summed E-state index contributed by atoms with van der Waals surface area (Å²) in [5.74, 6) is 0.962. The van der Waals surface area contributed by atoms with Gasteiger partial charge in [-0.25, -0.2) is 0 Å². The number of ether oxygens (including phenoxy) is 3. The Hall–Kier alpha value is -4.45. The van der Waals surface area contributed by atoms with Crippen LogP contribution in [0.5, 0.6) is 17.2 Å². The molecule has 7 nitrogen and oxygen atoms in total. The van der Waals surface area contributed by atoms with Gasteiger partial charge in [-0.2, -0.15) is 5.26 Å².